The standard InChI is InChI=1S/C29H28N2.2ClH/c30-28-14-6-3-10-24(28)11-7-19-31-20-17-25(18-21-31)29-26-12-4-1-8-22(26)15-16-23-9-2-5-13-27(23)29;;/h1-16H,17-21,30H2;2*1H/b11-7+;;. The molecule has 1 fully saturated rings. The summed E-state index contributed by atoms with van der Waals surface area (Å²) in [6.45, 7) is 3.14. The third-order valence-corrected chi connectivity index (χ3v) is 6.37. The Kier molecular flexibility index (Phi) is 8.57. The quantitative estimate of drug-likeness (QED) is 0.316. The van der Waals surface area contributed by atoms with Crippen molar-refractivity contribution >= 4 is 54.3 Å². The lowest BCUT2D eigenvalue weighted by Crippen LogP contribution is -2.31. The first kappa shape index (κ1) is 24.9. The zero-order valence-electron chi connectivity index (χ0n) is 18.6. The van der Waals surface area contributed by atoms with Crippen LogP contribution in [0, 0.1) is 0 Å². The van der Waals surface area contributed by atoms with Crippen LogP contribution in [0.1, 0.15) is 40.7 Å². The van der Waals surface area contributed by atoms with Gasteiger partial charge >= 0.3 is 0 Å². The van der Waals surface area contributed by atoms with E-state index in [1.54, 1.807) is 5.57 Å². The average molecular weight is 477 g/mol. The summed E-state index contributed by atoms with van der Waals surface area (Å²) >= 11 is 0. The summed E-state index contributed by atoms with van der Waals surface area (Å²) in [5.41, 5.74) is 16.4. The first-order valence-corrected chi connectivity index (χ1v) is 11.1. The number of para-hydroxylation sites is 1. The van der Waals surface area contributed by atoms with Crippen molar-refractivity contribution in [3.05, 3.63) is 112 Å². The van der Waals surface area contributed by atoms with Crippen LogP contribution >= 0.6 is 24.8 Å². The number of rotatable bonds is 3. The Morgan fingerprint density at radius 3 is 1.88 bits per heavy atom. The number of benzene rings is 3. The second-order valence-corrected chi connectivity index (χ2v) is 8.32. The minimum Gasteiger partial charge on any atom is -0.398 e. The molecular weight excluding hydrogens is 447 g/mol. The van der Waals surface area contributed by atoms with Gasteiger partial charge in [-0.2, -0.15) is 0 Å². The van der Waals surface area contributed by atoms with Crippen molar-refractivity contribution in [3.63, 3.8) is 0 Å². The Labute approximate surface area is 209 Å². The van der Waals surface area contributed by atoms with Crippen LogP contribution in [0.3, 0.4) is 0 Å². The number of nitrogens with zero attached hydrogens (tertiary/aromatic N) is 1. The van der Waals surface area contributed by atoms with Crippen LogP contribution in [0.5, 0.6) is 0 Å². The summed E-state index contributed by atoms with van der Waals surface area (Å²) in [5.74, 6) is 0. The molecule has 1 saturated heterocycles. The number of fused-ring (bicyclic) bond motifs is 2. The van der Waals surface area contributed by atoms with Crippen LogP contribution in [-0.4, -0.2) is 24.5 Å². The van der Waals surface area contributed by atoms with Crippen LogP contribution in [0.4, 0.5) is 5.69 Å². The molecule has 1 heterocycles. The highest BCUT2D eigenvalue weighted by molar-refractivity contribution is 5.95. The van der Waals surface area contributed by atoms with E-state index in [0.717, 1.165) is 43.7 Å². The fraction of sp³-hybridized carbons (Fsp3) is 0.172. The maximum absolute atomic E-state index is 6.06. The normalized spacial score (nSPS) is 15.3. The number of hydrogen-bond acceptors (Lipinski definition) is 2. The van der Waals surface area contributed by atoms with Gasteiger partial charge in [-0.05, 0) is 52.3 Å². The number of likely N-dealkylation sites (tertiary alicyclic amines) is 1. The van der Waals surface area contributed by atoms with E-state index in [1.807, 2.05) is 18.2 Å². The minimum atomic E-state index is 0. The first-order chi connectivity index (χ1) is 15.3. The molecular formula is C29H30Cl2N2. The summed E-state index contributed by atoms with van der Waals surface area (Å²) in [5, 5.41) is 0. The van der Waals surface area contributed by atoms with Gasteiger partial charge in [-0.3, -0.25) is 4.90 Å². The van der Waals surface area contributed by atoms with Gasteiger partial charge in [0.15, 0.2) is 0 Å². The van der Waals surface area contributed by atoms with Crippen molar-refractivity contribution in [2.24, 2.45) is 0 Å². The molecule has 0 aromatic heterocycles. The lowest BCUT2D eigenvalue weighted by molar-refractivity contribution is 0.284. The number of hydrogen-bond donors (Lipinski definition) is 1. The van der Waals surface area contributed by atoms with Crippen molar-refractivity contribution in [2.75, 3.05) is 25.4 Å². The van der Waals surface area contributed by atoms with Gasteiger partial charge in [0.1, 0.15) is 0 Å². The van der Waals surface area contributed by atoms with Gasteiger partial charge in [0.05, 0.1) is 0 Å². The SMILES string of the molecule is Cl.Cl.Nc1ccccc1/C=C/CN1CCC(=C2c3ccccc3C=Cc3ccccc32)CC1. The number of halogens is 2. The van der Waals surface area contributed by atoms with Crippen molar-refractivity contribution in [1.82, 2.24) is 4.90 Å². The van der Waals surface area contributed by atoms with Gasteiger partial charge in [0.25, 0.3) is 0 Å². The molecule has 2 nitrogen and oxygen atoms in total. The molecule has 0 bridgehead atoms. The van der Waals surface area contributed by atoms with Gasteiger partial charge in [-0.1, -0.05) is 96.6 Å². The Morgan fingerprint density at radius 1 is 0.727 bits per heavy atom. The molecule has 0 saturated carbocycles. The number of anilines is 1. The number of piperidine rings is 1. The topological polar surface area (TPSA) is 29.3 Å². The summed E-state index contributed by atoms with van der Waals surface area (Å²) in [7, 11) is 0. The van der Waals surface area contributed by atoms with E-state index in [4.69, 9.17) is 5.73 Å². The molecule has 0 unspecified atom stereocenters. The van der Waals surface area contributed by atoms with E-state index in [0.29, 0.717) is 0 Å². The lowest BCUT2D eigenvalue weighted by Gasteiger charge is -2.29. The summed E-state index contributed by atoms with van der Waals surface area (Å²) in [6, 6.07) is 25.7. The van der Waals surface area contributed by atoms with Crippen LogP contribution in [0.2, 0.25) is 0 Å². The molecule has 2 N–H and O–H groups in total. The maximum Gasteiger partial charge on any atom is 0.0387 e. The van der Waals surface area contributed by atoms with Crippen molar-refractivity contribution in [1.29, 1.82) is 0 Å². The molecule has 170 valence electrons. The van der Waals surface area contributed by atoms with E-state index in [2.05, 4.69) is 83.8 Å². The van der Waals surface area contributed by atoms with Gasteiger partial charge in [-0.15, -0.1) is 24.8 Å². The third-order valence-electron chi connectivity index (χ3n) is 6.37. The number of nitrogen functional groups attached to an aromatic ring is 1. The van der Waals surface area contributed by atoms with E-state index in [1.165, 1.54) is 27.8 Å². The maximum atomic E-state index is 6.06. The van der Waals surface area contributed by atoms with Crippen LogP contribution in [0.25, 0.3) is 23.8 Å². The molecule has 33 heavy (non-hydrogen) atoms. The van der Waals surface area contributed by atoms with Crippen molar-refractivity contribution in [2.45, 2.75) is 12.8 Å². The first-order valence-electron chi connectivity index (χ1n) is 11.1. The molecule has 1 aliphatic carbocycles. The molecule has 5 rings (SSSR count). The molecule has 3 aromatic carbocycles. The fourth-order valence-corrected chi connectivity index (χ4v) is 4.69. The minimum absolute atomic E-state index is 0. The summed E-state index contributed by atoms with van der Waals surface area (Å²) in [4.78, 5) is 2.53. The summed E-state index contributed by atoms with van der Waals surface area (Å²) in [6.07, 6.45) is 11.1. The van der Waals surface area contributed by atoms with E-state index in [-0.39, 0.29) is 24.8 Å². The zero-order valence-corrected chi connectivity index (χ0v) is 20.2. The summed E-state index contributed by atoms with van der Waals surface area (Å²) < 4.78 is 0. The van der Waals surface area contributed by atoms with Crippen LogP contribution in [0.15, 0.2) is 84.4 Å². The molecule has 4 heteroatoms. The second-order valence-electron chi connectivity index (χ2n) is 8.32. The van der Waals surface area contributed by atoms with Gasteiger partial charge in [0.2, 0.25) is 0 Å². The van der Waals surface area contributed by atoms with Crippen LogP contribution in [-0.2, 0) is 0 Å². The number of nitrogens with two attached hydrogens (primary N) is 1. The van der Waals surface area contributed by atoms with Crippen molar-refractivity contribution in [3.8, 4) is 0 Å². The van der Waals surface area contributed by atoms with E-state index in [9.17, 15) is 0 Å². The fourth-order valence-electron chi connectivity index (χ4n) is 4.69. The highest BCUT2D eigenvalue weighted by Gasteiger charge is 2.22. The van der Waals surface area contributed by atoms with Gasteiger partial charge in [0, 0.05) is 25.3 Å². The average Bonchev–Trinajstić information content (AvgIpc) is 2.98. The van der Waals surface area contributed by atoms with E-state index >= 15 is 0 Å². The highest BCUT2D eigenvalue weighted by atomic mass is 35.5. The molecule has 0 atom stereocenters. The van der Waals surface area contributed by atoms with Crippen molar-refractivity contribution < 1.29 is 0 Å². The highest BCUT2D eigenvalue weighted by Crippen LogP contribution is 2.38. The zero-order chi connectivity index (χ0) is 21.0. The predicted octanol–water partition coefficient (Wildman–Crippen LogP) is 7.21. The Hall–Kier alpha value is -2.78. The van der Waals surface area contributed by atoms with Gasteiger partial charge < -0.3 is 5.73 Å². The van der Waals surface area contributed by atoms with E-state index < -0.39 is 0 Å². The molecule has 0 radical (unpaired) electrons. The molecule has 3 aromatic rings. The Bertz CT molecular complexity index is 1130. The monoisotopic (exact) mass is 476 g/mol. The Balaban J connectivity index is 0.00000153. The lowest BCUT2D eigenvalue weighted by atomic mass is 9.86. The molecule has 2 aliphatic rings. The predicted molar refractivity (Wildman–Crippen MR) is 148 cm³/mol. The molecule has 0 amide bonds. The third kappa shape index (κ3) is 5.42. The molecule has 1 aliphatic heterocycles. The smallest absolute Gasteiger partial charge is 0.0387 e. The Morgan fingerprint density at radius 2 is 1.27 bits per heavy atom. The van der Waals surface area contributed by atoms with Crippen LogP contribution < -0.4 is 5.73 Å². The second kappa shape index (κ2) is 11.4. The van der Waals surface area contributed by atoms with Gasteiger partial charge in [-0.25, -0.2) is 0 Å². The largest absolute Gasteiger partial charge is 0.398 e. The molecule has 0 spiro atoms.